The molecule has 0 fully saturated rings. The van der Waals surface area contributed by atoms with E-state index in [4.69, 9.17) is 11.0 Å². The predicted octanol–water partition coefficient (Wildman–Crippen LogP) is 0.380. The van der Waals surface area contributed by atoms with E-state index in [1.807, 2.05) is 0 Å². The lowest BCUT2D eigenvalue weighted by Crippen LogP contribution is -2.51. The fourth-order valence-electron chi connectivity index (χ4n) is 2.15. The Kier molecular flexibility index (Phi) is 3.62. The van der Waals surface area contributed by atoms with E-state index in [1.165, 1.54) is 20.8 Å². The summed E-state index contributed by atoms with van der Waals surface area (Å²) in [7, 11) is 1.16. The van der Waals surface area contributed by atoms with Gasteiger partial charge in [0.2, 0.25) is 17.7 Å². The summed E-state index contributed by atoms with van der Waals surface area (Å²) in [5.74, 6) is -4.32. The number of nitrogens with zero attached hydrogens (tertiary/aromatic N) is 1. The highest BCUT2D eigenvalue weighted by Crippen LogP contribution is 2.24. The second-order valence-corrected chi connectivity index (χ2v) is 6.19. The van der Waals surface area contributed by atoms with Crippen LogP contribution >= 0.6 is 0 Å². The first-order chi connectivity index (χ1) is 15.3. The molecule has 0 bridgehead atoms. The van der Waals surface area contributed by atoms with Crippen molar-refractivity contribution in [1.82, 2.24) is 15.5 Å². The van der Waals surface area contributed by atoms with Gasteiger partial charge in [-0.1, -0.05) is 38.0 Å². The molecule has 0 aliphatic carbocycles. The zero-order chi connectivity index (χ0) is 26.5. The second-order valence-electron chi connectivity index (χ2n) is 6.19. The molecule has 7 nitrogen and oxygen atoms in total. The van der Waals surface area contributed by atoms with Crippen LogP contribution in [-0.2, 0) is 20.8 Å². The zero-order valence-electron chi connectivity index (χ0n) is 23.0. The first-order valence-electron chi connectivity index (χ1n) is 12.0. The Balaban J connectivity index is 2.61. The molecule has 2 rings (SSSR count). The van der Waals surface area contributed by atoms with Crippen LogP contribution in [-0.4, -0.2) is 53.4 Å². The van der Waals surface area contributed by atoms with Crippen molar-refractivity contribution >= 4 is 17.7 Å². The number of rotatable bonds is 5. The number of hydrogen-bond donors (Lipinski definition) is 3. The van der Waals surface area contributed by atoms with Gasteiger partial charge in [0, 0.05) is 16.3 Å². The largest absolute Gasteiger partial charge is 0.383 e. The van der Waals surface area contributed by atoms with E-state index in [0.717, 1.165) is 11.9 Å². The molecule has 142 valence electrons. The van der Waals surface area contributed by atoms with Crippen LogP contribution in [0.25, 0.3) is 0 Å². The number of hydrogen-bond acceptors (Lipinski definition) is 4. The molecule has 7 heteroatoms. The Hall–Kier alpha value is -2.41. The first-order valence-corrected chi connectivity index (χ1v) is 8.02. The molecule has 0 saturated heterocycles. The van der Waals surface area contributed by atoms with Crippen molar-refractivity contribution in [2.24, 2.45) is 5.92 Å². The summed E-state index contributed by atoms with van der Waals surface area (Å²) in [4.78, 5) is 39.1. The molecule has 0 saturated carbocycles. The number of likely N-dealkylation sites (N-methyl/N-ethyl adjacent to an activating group) is 1. The van der Waals surface area contributed by atoms with Gasteiger partial charge in [0.25, 0.3) is 0 Å². The predicted molar refractivity (Wildman–Crippen MR) is 97.1 cm³/mol. The van der Waals surface area contributed by atoms with Crippen molar-refractivity contribution in [2.45, 2.75) is 45.3 Å². The van der Waals surface area contributed by atoms with Gasteiger partial charge in [0.1, 0.15) is 18.1 Å². The molecule has 26 heavy (non-hydrogen) atoms. The van der Waals surface area contributed by atoms with Crippen LogP contribution in [0.5, 0.6) is 0 Å². The van der Waals surface area contributed by atoms with Gasteiger partial charge in [0.15, 0.2) is 0 Å². The van der Waals surface area contributed by atoms with Crippen LogP contribution in [0.4, 0.5) is 0 Å². The van der Waals surface area contributed by atoms with Gasteiger partial charge < -0.3 is 20.6 Å². The number of amides is 3. The smallest absolute Gasteiger partial charge is 0.249 e. The summed E-state index contributed by atoms with van der Waals surface area (Å²) in [6.45, 7) is 3.34. The van der Waals surface area contributed by atoms with E-state index in [1.54, 1.807) is 0 Å². The van der Waals surface area contributed by atoms with Gasteiger partial charge in [0.05, 0.1) is 8.22 Å². The third-order valence-electron chi connectivity index (χ3n) is 3.76. The van der Waals surface area contributed by atoms with Gasteiger partial charge in [-0.3, -0.25) is 14.4 Å². The molecule has 3 atom stereocenters. The average Bonchev–Trinajstić information content (AvgIpc) is 2.77. The lowest BCUT2D eigenvalue weighted by atomic mass is 9.99. The van der Waals surface area contributed by atoms with Gasteiger partial charge in [-0.05, 0) is 30.3 Å². The molecule has 0 unspecified atom stereocenters. The van der Waals surface area contributed by atoms with E-state index in [2.05, 4.69) is 10.6 Å². The molecule has 3 N–H and O–H groups in total. The highest BCUT2D eigenvalue weighted by atomic mass is 16.3. The maximum atomic E-state index is 13.2. The van der Waals surface area contributed by atoms with Crippen molar-refractivity contribution in [1.29, 1.82) is 0 Å². The van der Waals surface area contributed by atoms with E-state index >= 15 is 0 Å². The molecular formula is C19H27N3O4. The minimum Gasteiger partial charge on any atom is -0.383 e. The standard InChI is InChI=1S/C19H27N3O4/c1-11(2)16(23)18(25)20-12(3)17(24)21-15-14-8-6-5-7-13(14)9-10-22(4)19(15)26/h5-8,11-12,15-16,23H,9-10H2,1-4H3,(H,20,25)(H,21,24)/t12-,15-,16-/m0/s1/i5D,6D,7D,8D,9D2,15D,16D. The highest BCUT2D eigenvalue weighted by Gasteiger charge is 2.32. The number of aliphatic hydroxyl groups is 1. The fraction of sp³-hybridized carbons (Fsp3) is 0.526. The van der Waals surface area contributed by atoms with Crippen molar-refractivity contribution in [3.05, 3.63) is 35.3 Å². The Labute approximate surface area is 165 Å². The molecule has 1 heterocycles. The molecule has 1 aliphatic heterocycles. The average molecular weight is 369 g/mol. The number of carbonyl (C=O) groups is 3. The minimum atomic E-state index is -2.87. The summed E-state index contributed by atoms with van der Waals surface area (Å²) < 4.78 is 65.5. The van der Waals surface area contributed by atoms with Crippen molar-refractivity contribution in [3.8, 4) is 0 Å². The van der Waals surface area contributed by atoms with Gasteiger partial charge in [-0.25, -0.2) is 0 Å². The fourth-order valence-corrected chi connectivity index (χ4v) is 2.15. The zero-order valence-corrected chi connectivity index (χ0v) is 15.0. The Morgan fingerprint density at radius 2 is 2.04 bits per heavy atom. The maximum Gasteiger partial charge on any atom is 0.249 e. The molecular weight excluding hydrogens is 334 g/mol. The molecule has 0 aromatic heterocycles. The summed E-state index contributed by atoms with van der Waals surface area (Å²) in [5, 5.41) is 14.2. The third-order valence-corrected chi connectivity index (χ3v) is 3.76. The molecule has 1 aromatic rings. The first kappa shape index (κ1) is 11.3. The molecule has 1 aliphatic rings. The SMILES string of the molecule is [2H]c1c([2H])c([2H])c2c(c1[2H])C([2H])([2H])CN(C)C(=O)[C@@]2([2H])NC(=O)[C@H](C)NC(=O)[C@@]([2H])(O)C(C)C. The van der Waals surface area contributed by atoms with Crippen LogP contribution in [0, 0.1) is 5.92 Å². The monoisotopic (exact) mass is 369 g/mol. The van der Waals surface area contributed by atoms with Crippen molar-refractivity contribution < 1.29 is 30.5 Å². The number of carbonyl (C=O) groups excluding carboxylic acids is 3. The maximum absolute atomic E-state index is 13.2. The number of nitrogens with one attached hydrogen (secondary N) is 2. The van der Waals surface area contributed by atoms with Gasteiger partial charge >= 0.3 is 0 Å². The van der Waals surface area contributed by atoms with E-state index in [9.17, 15) is 19.5 Å². The van der Waals surface area contributed by atoms with Gasteiger partial charge in [-0.15, -0.1) is 0 Å². The summed E-state index contributed by atoms with van der Waals surface area (Å²) in [6.07, 6.45) is -5.05. The van der Waals surface area contributed by atoms with Crippen molar-refractivity contribution in [2.75, 3.05) is 13.6 Å². The van der Waals surface area contributed by atoms with Crippen LogP contribution in [0.2, 0.25) is 0 Å². The third kappa shape index (κ3) is 4.40. The van der Waals surface area contributed by atoms with Crippen molar-refractivity contribution in [3.63, 3.8) is 0 Å². The number of benzene rings is 1. The van der Waals surface area contributed by atoms with Crippen LogP contribution < -0.4 is 10.6 Å². The van der Waals surface area contributed by atoms with Crippen LogP contribution in [0.3, 0.4) is 0 Å². The molecule has 0 spiro atoms. The van der Waals surface area contributed by atoms with E-state index < -0.39 is 90.0 Å². The summed E-state index contributed by atoms with van der Waals surface area (Å²) in [6, 6.07) is -7.57. The topological polar surface area (TPSA) is 98.7 Å². The minimum absolute atomic E-state index is 0.636. The Morgan fingerprint density at radius 3 is 2.69 bits per heavy atom. The second kappa shape index (κ2) is 8.31. The quantitative estimate of drug-likeness (QED) is 0.699. The van der Waals surface area contributed by atoms with E-state index in [0.29, 0.717) is 0 Å². The lowest BCUT2D eigenvalue weighted by Gasteiger charge is -2.24. The molecule has 3 amide bonds. The summed E-state index contributed by atoms with van der Waals surface area (Å²) in [5.41, 5.74) is -1.38. The molecule has 0 radical (unpaired) electrons. The molecule has 1 aromatic carbocycles. The normalized spacial score (nSPS) is 29.8. The lowest BCUT2D eigenvalue weighted by molar-refractivity contribution is -0.137. The highest BCUT2D eigenvalue weighted by molar-refractivity contribution is 5.93. The number of fused-ring (bicyclic) bond motifs is 1. The Morgan fingerprint density at radius 1 is 1.38 bits per heavy atom. The summed E-state index contributed by atoms with van der Waals surface area (Å²) >= 11 is 0. The Bertz CT molecular complexity index is 1050. The van der Waals surface area contributed by atoms with Crippen LogP contribution in [0.1, 0.15) is 48.9 Å². The van der Waals surface area contributed by atoms with Crippen LogP contribution in [0.15, 0.2) is 24.2 Å². The van der Waals surface area contributed by atoms with Gasteiger partial charge in [-0.2, -0.15) is 0 Å². The van der Waals surface area contributed by atoms with E-state index in [-0.39, 0.29) is 0 Å².